The highest BCUT2D eigenvalue weighted by Gasteiger charge is 2.33. The summed E-state index contributed by atoms with van der Waals surface area (Å²) in [4.78, 5) is 39.8. The second kappa shape index (κ2) is 8.75. The lowest BCUT2D eigenvalue weighted by atomic mass is 9.96. The maximum Gasteiger partial charge on any atom is 0.309 e. The molecular formula is C23H25N3O5. The fraction of sp³-hybridized carbons (Fsp3) is 0.391. The molecule has 0 aromatic heterocycles. The van der Waals surface area contributed by atoms with Gasteiger partial charge in [-0.05, 0) is 43.9 Å². The summed E-state index contributed by atoms with van der Waals surface area (Å²) in [6, 6.07) is 14.4. The highest BCUT2D eigenvalue weighted by Crippen LogP contribution is 2.33. The van der Waals surface area contributed by atoms with Crippen molar-refractivity contribution in [3.8, 4) is 0 Å². The number of ether oxygens (including phenoxy) is 1. The van der Waals surface area contributed by atoms with Crippen molar-refractivity contribution in [3.63, 3.8) is 0 Å². The van der Waals surface area contributed by atoms with E-state index in [-0.39, 0.29) is 36.1 Å². The lowest BCUT2D eigenvalue weighted by Gasteiger charge is -2.32. The number of carbonyl (C=O) groups is 2. The number of hydrogen-bond donors (Lipinski definition) is 0. The third-order valence-corrected chi connectivity index (χ3v) is 6.06. The first-order valence-corrected chi connectivity index (χ1v) is 10.5. The van der Waals surface area contributed by atoms with E-state index in [0.29, 0.717) is 31.6 Å². The zero-order valence-electron chi connectivity index (χ0n) is 17.4. The lowest BCUT2D eigenvalue weighted by Crippen LogP contribution is -2.40. The minimum atomic E-state index is -0.390. The molecule has 0 saturated carbocycles. The minimum absolute atomic E-state index is 0.0357. The first kappa shape index (κ1) is 20.8. The second-order valence-electron chi connectivity index (χ2n) is 8.06. The van der Waals surface area contributed by atoms with E-state index < -0.39 is 4.92 Å². The van der Waals surface area contributed by atoms with Crippen LogP contribution in [0.25, 0.3) is 0 Å². The fourth-order valence-corrected chi connectivity index (χ4v) is 4.51. The van der Waals surface area contributed by atoms with Gasteiger partial charge in [0, 0.05) is 30.9 Å². The number of esters is 1. The van der Waals surface area contributed by atoms with Gasteiger partial charge in [0.05, 0.1) is 10.8 Å². The van der Waals surface area contributed by atoms with Crippen LogP contribution in [0.15, 0.2) is 48.5 Å². The number of amides is 1. The predicted molar refractivity (Wildman–Crippen MR) is 116 cm³/mol. The molecule has 1 amide bonds. The zero-order chi connectivity index (χ0) is 22.0. The molecule has 8 nitrogen and oxygen atoms in total. The fourth-order valence-electron chi connectivity index (χ4n) is 4.51. The molecule has 1 fully saturated rings. The molecule has 0 radical (unpaired) electrons. The van der Waals surface area contributed by atoms with Crippen LogP contribution >= 0.6 is 0 Å². The molecule has 2 aliphatic heterocycles. The van der Waals surface area contributed by atoms with Crippen LogP contribution in [0.3, 0.4) is 0 Å². The van der Waals surface area contributed by atoms with E-state index in [1.807, 2.05) is 36.1 Å². The van der Waals surface area contributed by atoms with Gasteiger partial charge in [-0.3, -0.25) is 19.7 Å². The maximum absolute atomic E-state index is 12.7. The Morgan fingerprint density at radius 1 is 1.06 bits per heavy atom. The third kappa shape index (κ3) is 4.23. The molecule has 2 heterocycles. The Morgan fingerprint density at radius 2 is 1.71 bits per heavy atom. The number of nitro benzene ring substituents is 1. The van der Waals surface area contributed by atoms with Crippen LogP contribution in [0, 0.1) is 16.0 Å². The molecular weight excluding hydrogens is 398 g/mol. The van der Waals surface area contributed by atoms with E-state index in [0.717, 1.165) is 17.7 Å². The van der Waals surface area contributed by atoms with Crippen LogP contribution in [0.5, 0.6) is 0 Å². The third-order valence-electron chi connectivity index (χ3n) is 6.06. The molecule has 1 atom stereocenters. The molecule has 0 N–H and O–H groups in total. The van der Waals surface area contributed by atoms with Gasteiger partial charge in [-0.15, -0.1) is 0 Å². The number of para-hydroxylation sites is 3. The average Bonchev–Trinajstić information content (AvgIpc) is 3.13. The van der Waals surface area contributed by atoms with Gasteiger partial charge in [0.1, 0.15) is 5.69 Å². The smallest absolute Gasteiger partial charge is 0.309 e. The quantitative estimate of drug-likeness (QED) is 0.416. The molecule has 8 heteroatoms. The van der Waals surface area contributed by atoms with Crippen molar-refractivity contribution < 1.29 is 19.2 Å². The number of hydrogen-bond acceptors (Lipinski definition) is 6. The summed E-state index contributed by atoms with van der Waals surface area (Å²) in [5, 5.41) is 11.3. The van der Waals surface area contributed by atoms with Gasteiger partial charge < -0.3 is 14.5 Å². The molecule has 2 aromatic carbocycles. The summed E-state index contributed by atoms with van der Waals surface area (Å²) >= 11 is 0. The predicted octanol–water partition coefficient (Wildman–Crippen LogP) is 3.33. The number of rotatable bonds is 5. The molecule has 31 heavy (non-hydrogen) atoms. The van der Waals surface area contributed by atoms with Gasteiger partial charge in [-0.1, -0.05) is 30.3 Å². The van der Waals surface area contributed by atoms with Crippen LogP contribution in [-0.2, 0) is 20.7 Å². The summed E-state index contributed by atoms with van der Waals surface area (Å²) in [6.45, 7) is 2.75. The molecule has 4 rings (SSSR count). The van der Waals surface area contributed by atoms with Crippen molar-refractivity contribution in [2.75, 3.05) is 29.5 Å². The van der Waals surface area contributed by atoms with Gasteiger partial charge in [0.25, 0.3) is 11.6 Å². The van der Waals surface area contributed by atoms with E-state index in [1.165, 1.54) is 6.07 Å². The van der Waals surface area contributed by atoms with Crippen LogP contribution in [0.4, 0.5) is 17.1 Å². The summed E-state index contributed by atoms with van der Waals surface area (Å²) in [5.74, 6) is -0.908. The number of carbonyl (C=O) groups excluding carboxylic acids is 2. The van der Waals surface area contributed by atoms with Crippen molar-refractivity contribution in [1.29, 1.82) is 0 Å². The van der Waals surface area contributed by atoms with Crippen molar-refractivity contribution in [2.45, 2.75) is 32.2 Å². The molecule has 2 aromatic rings. The summed E-state index contributed by atoms with van der Waals surface area (Å²) in [6.07, 6.45) is 1.85. The van der Waals surface area contributed by atoms with Crippen molar-refractivity contribution in [2.24, 2.45) is 5.92 Å². The van der Waals surface area contributed by atoms with E-state index in [4.69, 9.17) is 4.74 Å². The highest BCUT2D eigenvalue weighted by molar-refractivity contribution is 5.97. The van der Waals surface area contributed by atoms with E-state index in [1.54, 1.807) is 23.1 Å². The minimum Gasteiger partial charge on any atom is -0.455 e. The Kier molecular flexibility index (Phi) is 5.88. The zero-order valence-corrected chi connectivity index (χ0v) is 17.4. The second-order valence-corrected chi connectivity index (χ2v) is 8.06. The Hall–Kier alpha value is -3.42. The van der Waals surface area contributed by atoms with Crippen molar-refractivity contribution >= 4 is 28.9 Å². The van der Waals surface area contributed by atoms with Gasteiger partial charge in [-0.2, -0.15) is 0 Å². The average molecular weight is 423 g/mol. The van der Waals surface area contributed by atoms with E-state index in [9.17, 15) is 19.7 Å². The van der Waals surface area contributed by atoms with Crippen LogP contribution in [-0.4, -0.2) is 42.5 Å². The molecule has 1 saturated heterocycles. The monoisotopic (exact) mass is 423 g/mol. The first-order chi connectivity index (χ1) is 15.0. The Bertz CT molecular complexity index is 1000. The van der Waals surface area contributed by atoms with Crippen molar-refractivity contribution in [1.82, 2.24) is 0 Å². The number of nitrogens with zero attached hydrogens (tertiary/aromatic N) is 3. The first-order valence-electron chi connectivity index (χ1n) is 10.5. The number of nitro groups is 1. The molecule has 0 spiro atoms. The van der Waals surface area contributed by atoms with Crippen LogP contribution in [0.2, 0.25) is 0 Å². The molecule has 162 valence electrons. The number of piperidine rings is 1. The van der Waals surface area contributed by atoms with E-state index in [2.05, 4.69) is 0 Å². The van der Waals surface area contributed by atoms with Crippen LogP contribution in [0.1, 0.15) is 25.3 Å². The highest BCUT2D eigenvalue weighted by atomic mass is 16.6. The van der Waals surface area contributed by atoms with Crippen LogP contribution < -0.4 is 9.80 Å². The van der Waals surface area contributed by atoms with Crippen molar-refractivity contribution in [3.05, 3.63) is 64.2 Å². The lowest BCUT2D eigenvalue weighted by molar-refractivity contribution is -0.384. The summed E-state index contributed by atoms with van der Waals surface area (Å²) in [7, 11) is 0. The molecule has 0 aliphatic carbocycles. The SMILES string of the molecule is C[C@H]1Cc2ccccc2N1C(=O)COC(=O)C1CCN(c2ccccc2[N+](=O)[O-])CC1. The standard InChI is InChI=1S/C23H25N3O5/c1-16-14-18-6-2-3-7-19(18)25(16)22(27)15-31-23(28)17-10-12-24(13-11-17)20-8-4-5-9-21(20)26(29)30/h2-9,16-17H,10-15H2,1H3/t16-/m0/s1. The normalized spacial score (nSPS) is 18.5. The molecule has 0 bridgehead atoms. The number of fused-ring (bicyclic) bond motifs is 1. The summed E-state index contributed by atoms with van der Waals surface area (Å²) in [5.41, 5.74) is 2.64. The van der Waals surface area contributed by atoms with E-state index >= 15 is 0 Å². The Labute approximate surface area is 180 Å². The van der Waals surface area contributed by atoms with Gasteiger partial charge in [0.15, 0.2) is 6.61 Å². The topological polar surface area (TPSA) is 93.0 Å². The van der Waals surface area contributed by atoms with Gasteiger partial charge in [-0.25, -0.2) is 0 Å². The summed E-state index contributed by atoms with van der Waals surface area (Å²) < 4.78 is 5.37. The number of benzene rings is 2. The largest absolute Gasteiger partial charge is 0.455 e. The van der Waals surface area contributed by atoms with Gasteiger partial charge >= 0.3 is 5.97 Å². The molecule has 0 unspecified atom stereocenters. The Morgan fingerprint density at radius 3 is 2.42 bits per heavy atom. The number of anilines is 2. The van der Waals surface area contributed by atoms with Gasteiger partial charge in [0.2, 0.25) is 0 Å². The Balaban J connectivity index is 1.31. The maximum atomic E-state index is 12.7. The molecule has 2 aliphatic rings.